The molecule has 1 aromatic carbocycles. The van der Waals surface area contributed by atoms with Crippen LogP contribution in [-0.2, 0) is 21.6 Å². The van der Waals surface area contributed by atoms with Gasteiger partial charge in [-0.15, -0.1) is 5.10 Å². The highest BCUT2D eigenvalue weighted by Crippen LogP contribution is 2.45. The predicted octanol–water partition coefficient (Wildman–Crippen LogP) is 5.03. The zero-order valence-corrected chi connectivity index (χ0v) is 24.5. The standard InChI is InChI=1S/C30H33FN6O4S/c1-17(2)41-30-25-26-23(14-20(15-32-26)27-18(3)34-35-36(27)4)37(29(25)24(16-33-30)42(5,38)39)28(19-10-12-40-13-11-19)21-8-6-7-9-22(21)31/h6-9,14-17,19,28H,10-13H2,1-5H3/t28-/m0/s1/i3D3. The molecule has 5 heterocycles. The van der Waals surface area contributed by atoms with Crippen molar-refractivity contribution in [3.05, 3.63) is 59.8 Å². The third kappa shape index (κ3) is 4.82. The topological polar surface area (TPSA) is 114 Å². The Balaban J connectivity index is 1.81. The number of fused-ring (bicyclic) bond motifs is 3. The normalized spacial score (nSPS) is 17.0. The molecule has 0 unspecified atom stereocenters. The summed E-state index contributed by atoms with van der Waals surface area (Å²) in [5.74, 6) is -0.409. The largest absolute Gasteiger partial charge is 0.474 e. The summed E-state index contributed by atoms with van der Waals surface area (Å²) in [4.78, 5) is 9.14. The highest BCUT2D eigenvalue weighted by atomic mass is 32.2. The molecule has 10 nitrogen and oxygen atoms in total. The number of rotatable bonds is 7. The van der Waals surface area contributed by atoms with Gasteiger partial charge in [-0.2, -0.15) is 0 Å². The van der Waals surface area contributed by atoms with Crippen LogP contribution in [0, 0.1) is 18.6 Å². The molecule has 0 bridgehead atoms. The van der Waals surface area contributed by atoms with Gasteiger partial charge in [0.1, 0.15) is 16.2 Å². The molecule has 0 amide bonds. The van der Waals surface area contributed by atoms with Crippen molar-refractivity contribution in [1.82, 2.24) is 29.5 Å². The molecule has 1 aliphatic heterocycles. The number of hydrogen-bond donors (Lipinski definition) is 0. The number of halogens is 1. The van der Waals surface area contributed by atoms with Gasteiger partial charge in [-0.25, -0.2) is 22.5 Å². The van der Waals surface area contributed by atoms with E-state index < -0.39 is 28.5 Å². The summed E-state index contributed by atoms with van der Waals surface area (Å²) in [6.45, 7) is 2.02. The van der Waals surface area contributed by atoms with Crippen LogP contribution in [0.3, 0.4) is 0 Å². The van der Waals surface area contributed by atoms with E-state index in [0.717, 1.165) is 6.26 Å². The van der Waals surface area contributed by atoms with Crippen molar-refractivity contribution in [1.29, 1.82) is 0 Å². The van der Waals surface area contributed by atoms with Crippen molar-refractivity contribution < 1.29 is 26.4 Å². The van der Waals surface area contributed by atoms with E-state index >= 15 is 4.39 Å². The van der Waals surface area contributed by atoms with Gasteiger partial charge in [0.2, 0.25) is 5.88 Å². The lowest BCUT2D eigenvalue weighted by molar-refractivity contribution is 0.0548. The Kier molecular flexibility index (Phi) is 6.31. The zero-order valence-electron chi connectivity index (χ0n) is 26.7. The number of pyridine rings is 2. The number of nitrogens with zero attached hydrogens (tertiary/aromatic N) is 6. The molecule has 1 saturated heterocycles. The fourth-order valence-corrected chi connectivity index (χ4v) is 6.70. The summed E-state index contributed by atoms with van der Waals surface area (Å²) in [6.07, 6.45) is 4.75. The summed E-state index contributed by atoms with van der Waals surface area (Å²) in [5, 5.41) is 8.24. The van der Waals surface area contributed by atoms with Crippen LogP contribution in [0.5, 0.6) is 5.88 Å². The lowest BCUT2D eigenvalue weighted by atomic mass is 9.86. The van der Waals surface area contributed by atoms with Gasteiger partial charge in [0.05, 0.1) is 46.2 Å². The van der Waals surface area contributed by atoms with E-state index in [9.17, 15) is 8.42 Å². The van der Waals surface area contributed by atoms with Crippen LogP contribution >= 0.6 is 0 Å². The number of benzene rings is 1. The molecule has 6 rings (SSSR count). The zero-order chi connectivity index (χ0) is 32.3. The van der Waals surface area contributed by atoms with Gasteiger partial charge < -0.3 is 14.0 Å². The first-order chi connectivity index (χ1) is 21.3. The van der Waals surface area contributed by atoms with Crippen LogP contribution in [0.1, 0.15) is 48.1 Å². The quantitative estimate of drug-likeness (QED) is 0.257. The molecule has 0 spiro atoms. The fourth-order valence-electron chi connectivity index (χ4n) is 5.90. The van der Waals surface area contributed by atoms with Gasteiger partial charge >= 0.3 is 0 Å². The van der Waals surface area contributed by atoms with Crippen LogP contribution in [-0.4, -0.2) is 63.5 Å². The lowest BCUT2D eigenvalue weighted by Gasteiger charge is -2.33. The van der Waals surface area contributed by atoms with E-state index in [4.69, 9.17) is 18.6 Å². The van der Waals surface area contributed by atoms with Gasteiger partial charge in [-0.05, 0) is 51.6 Å². The van der Waals surface area contributed by atoms with Crippen molar-refractivity contribution in [2.24, 2.45) is 13.0 Å². The van der Waals surface area contributed by atoms with E-state index in [0.29, 0.717) is 53.6 Å². The second-order valence-corrected chi connectivity index (χ2v) is 12.9. The molecular weight excluding hydrogens is 559 g/mol. The van der Waals surface area contributed by atoms with E-state index in [-0.39, 0.29) is 39.7 Å². The Hall–Kier alpha value is -3.90. The van der Waals surface area contributed by atoms with E-state index in [1.54, 1.807) is 31.3 Å². The van der Waals surface area contributed by atoms with Gasteiger partial charge in [-0.1, -0.05) is 23.4 Å². The lowest BCUT2D eigenvalue weighted by Crippen LogP contribution is -2.28. The first-order valence-corrected chi connectivity index (χ1v) is 15.6. The summed E-state index contributed by atoms with van der Waals surface area (Å²) in [6, 6.07) is 7.49. The maximum absolute atomic E-state index is 15.8. The Labute approximate surface area is 247 Å². The second kappa shape index (κ2) is 10.7. The van der Waals surface area contributed by atoms with Crippen molar-refractivity contribution >= 4 is 31.8 Å². The van der Waals surface area contributed by atoms with E-state index in [2.05, 4.69) is 15.3 Å². The molecule has 42 heavy (non-hydrogen) atoms. The summed E-state index contributed by atoms with van der Waals surface area (Å²) >= 11 is 0. The molecule has 12 heteroatoms. The van der Waals surface area contributed by atoms with Crippen LogP contribution in [0.25, 0.3) is 33.2 Å². The van der Waals surface area contributed by atoms with Crippen molar-refractivity contribution in [2.75, 3.05) is 19.5 Å². The van der Waals surface area contributed by atoms with Gasteiger partial charge in [-0.3, -0.25) is 4.98 Å². The van der Waals surface area contributed by atoms with E-state index in [1.165, 1.54) is 23.1 Å². The minimum atomic E-state index is -3.87. The summed E-state index contributed by atoms with van der Waals surface area (Å²) < 4.78 is 81.6. The third-order valence-corrected chi connectivity index (χ3v) is 8.75. The molecule has 1 atom stereocenters. The smallest absolute Gasteiger partial charge is 0.225 e. The highest BCUT2D eigenvalue weighted by Gasteiger charge is 2.35. The highest BCUT2D eigenvalue weighted by molar-refractivity contribution is 7.91. The fraction of sp³-hybridized carbons (Fsp3) is 0.400. The maximum atomic E-state index is 15.8. The molecule has 4 aromatic heterocycles. The first-order valence-electron chi connectivity index (χ1n) is 15.2. The molecule has 0 N–H and O–H groups in total. The first kappa shape index (κ1) is 24.7. The average Bonchev–Trinajstić information content (AvgIpc) is 3.52. The van der Waals surface area contributed by atoms with Crippen molar-refractivity contribution in [3.63, 3.8) is 0 Å². The second-order valence-electron chi connectivity index (χ2n) is 10.9. The molecule has 220 valence electrons. The summed E-state index contributed by atoms with van der Waals surface area (Å²) in [5.41, 5.74) is 1.90. The van der Waals surface area contributed by atoms with Crippen molar-refractivity contribution in [3.8, 4) is 17.1 Å². The Morgan fingerprint density at radius 3 is 2.62 bits per heavy atom. The third-order valence-electron chi connectivity index (χ3n) is 7.65. The molecule has 5 aromatic rings. The Morgan fingerprint density at radius 2 is 1.93 bits per heavy atom. The monoisotopic (exact) mass is 595 g/mol. The van der Waals surface area contributed by atoms with Gasteiger partial charge in [0.15, 0.2) is 9.84 Å². The number of ether oxygens (including phenoxy) is 2. The SMILES string of the molecule is [2H]C([2H])([2H])c1nnn(C)c1-c1cnc2c3c(OC(C)C)ncc(S(C)(=O)=O)c3n([C@H](c3ccccc3F)C3CCOCC3)c2c1. The molecule has 1 fully saturated rings. The van der Waals surface area contributed by atoms with Crippen molar-refractivity contribution in [2.45, 2.75) is 50.6 Å². The van der Waals surface area contributed by atoms with Gasteiger partial charge in [0, 0.05) is 48.0 Å². The molecular formula is C30H33FN6O4S. The molecule has 1 aliphatic rings. The number of aryl methyl sites for hydroxylation is 2. The Morgan fingerprint density at radius 1 is 1.17 bits per heavy atom. The Bertz CT molecular complexity index is 2020. The number of sulfone groups is 1. The van der Waals surface area contributed by atoms with Crippen LogP contribution in [0.4, 0.5) is 4.39 Å². The minimum absolute atomic E-state index is 0.0630. The van der Waals surface area contributed by atoms with Crippen LogP contribution in [0.15, 0.2) is 47.6 Å². The van der Waals surface area contributed by atoms with Crippen LogP contribution in [0.2, 0.25) is 0 Å². The predicted molar refractivity (Wildman–Crippen MR) is 157 cm³/mol. The molecule has 0 radical (unpaired) electrons. The van der Waals surface area contributed by atoms with E-state index in [1.807, 2.05) is 18.4 Å². The maximum Gasteiger partial charge on any atom is 0.225 e. The minimum Gasteiger partial charge on any atom is -0.474 e. The summed E-state index contributed by atoms with van der Waals surface area (Å²) in [7, 11) is -2.29. The number of hydrogen-bond acceptors (Lipinski definition) is 8. The average molecular weight is 596 g/mol. The number of aromatic nitrogens is 6. The van der Waals surface area contributed by atoms with Gasteiger partial charge in [0.25, 0.3) is 0 Å². The van der Waals surface area contributed by atoms with Crippen LogP contribution < -0.4 is 4.74 Å². The molecule has 0 saturated carbocycles. The molecule has 0 aliphatic carbocycles.